The first kappa shape index (κ1) is 13.5. The molecule has 0 aliphatic carbocycles. The third-order valence-corrected chi connectivity index (χ3v) is 2.51. The Hall–Kier alpha value is -1.55. The van der Waals surface area contributed by atoms with Crippen LogP contribution in [0.5, 0.6) is 5.75 Å². The van der Waals surface area contributed by atoms with Gasteiger partial charge < -0.3 is 9.84 Å². The van der Waals surface area contributed by atoms with E-state index in [2.05, 4.69) is 0 Å². The van der Waals surface area contributed by atoms with Gasteiger partial charge in [0.15, 0.2) is 12.4 Å². The SMILES string of the molecule is CCCC(Oc1c(Cl)cccc1C=O)C(=O)O. The Kier molecular flexibility index (Phi) is 4.97. The van der Waals surface area contributed by atoms with Crippen LogP contribution in [-0.4, -0.2) is 23.5 Å². The maximum absolute atomic E-state index is 10.9. The van der Waals surface area contributed by atoms with Crippen LogP contribution in [0.3, 0.4) is 0 Å². The van der Waals surface area contributed by atoms with Crippen molar-refractivity contribution in [2.45, 2.75) is 25.9 Å². The summed E-state index contributed by atoms with van der Waals surface area (Å²) in [5.41, 5.74) is 0.250. The summed E-state index contributed by atoms with van der Waals surface area (Å²) in [6.45, 7) is 1.85. The second-order valence-corrected chi connectivity index (χ2v) is 3.92. The van der Waals surface area contributed by atoms with Gasteiger partial charge in [-0.05, 0) is 18.6 Å². The molecule has 0 spiro atoms. The van der Waals surface area contributed by atoms with Crippen molar-refractivity contribution in [3.63, 3.8) is 0 Å². The fourth-order valence-electron chi connectivity index (χ4n) is 1.38. The number of para-hydroxylation sites is 1. The molecule has 4 nitrogen and oxygen atoms in total. The van der Waals surface area contributed by atoms with Gasteiger partial charge in [-0.1, -0.05) is 31.0 Å². The van der Waals surface area contributed by atoms with Crippen molar-refractivity contribution in [1.29, 1.82) is 0 Å². The van der Waals surface area contributed by atoms with Crippen LogP contribution < -0.4 is 4.74 Å². The average Bonchev–Trinajstić information content (AvgIpc) is 2.30. The number of benzene rings is 1. The second-order valence-electron chi connectivity index (χ2n) is 3.51. The van der Waals surface area contributed by atoms with Crippen LogP contribution in [0.25, 0.3) is 0 Å². The Morgan fingerprint density at radius 3 is 2.82 bits per heavy atom. The second kappa shape index (κ2) is 6.25. The Morgan fingerprint density at radius 1 is 1.59 bits per heavy atom. The predicted molar refractivity (Wildman–Crippen MR) is 63.8 cm³/mol. The molecule has 1 aromatic rings. The predicted octanol–water partition coefficient (Wildman–Crippen LogP) is 2.78. The molecule has 1 unspecified atom stereocenters. The molecule has 0 bridgehead atoms. The van der Waals surface area contributed by atoms with E-state index in [9.17, 15) is 9.59 Å². The van der Waals surface area contributed by atoms with Gasteiger partial charge in [0.1, 0.15) is 5.75 Å². The lowest BCUT2D eigenvalue weighted by Gasteiger charge is -2.16. The van der Waals surface area contributed by atoms with Crippen molar-refractivity contribution in [2.75, 3.05) is 0 Å². The normalized spacial score (nSPS) is 11.9. The number of aldehydes is 1. The highest BCUT2D eigenvalue weighted by Crippen LogP contribution is 2.29. The first-order chi connectivity index (χ1) is 8.10. The first-order valence-electron chi connectivity index (χ1n) is 5.23. The van der Waals surface area contributed by atoms with E-state index in [1.807, 2.05) is 6.92 Å². The molecule has 5 heteroatoms. The summed E-state index contributed by atoms with van der Waals surface area (Å²) in [6.07, 6.45) is 0.626. The number of aliphatic carboxylic acids is 1. The summed E-state index contributed by atoms with van der Waals surface area (Å²) in [5, 5.41) is 9.20. The lowest BCUT2D eigenvalue weighted by molar-refractivity contribution is -0.145. The standard InChI is InChI=1S/C12H13ClO4/c1-2-4-10(12(15)16)17-11-8(7-14)5-3-6-9(11)13/h3,5-7,10H,2,4H2,1H3,(H,15,16). The lowest BCUT2D eigenvalue weighted by Crippen LogP contribution is -2.27. The van der Waals surface area contributed by atoms with Gasteiger partial charge >= 0.3 is 5.97 Å². The van der Waals surface area contributed by atoms with Crippen LogP contribution in [0.15, 0.2) is 18.2 Å². The molecule has 1 rings (SSSR count). The number of halogens is 1. The monoisotopic (exact) mass is 256 g/mol. The molecule has 1 atom stereocenters. The van der Waals surface area contributed by atoms with E-state index in [1.54, 1.807) is 12.1 Å². The molecule has 17 heavy (non-hydrogen) atoms. The maximum Gasteiger partial charge on any atom is 0.344 e. The smallest absolute Gasteiger partial charge is 0.344 e. The molecule has 0 saturated carbocycles. The molecule has 92 valence electrons. The summed E-state index contributed by atoms with van der Waals surface area (Å²) in [5.74, 6) is -0.936. The fourth-order valence-corrected chi connectivity index (χ4v) is 1.61. The fraction of sp³-hybridized carbons (Fsp3) is 0.333. The number of ether oxygens (including phenoxy) is 1. The Morgan fingerprint density at radius 2 is 2.29 bits per heavy atom. The van der Waals surface area contributed by atoms with Gasteiger partial charge in [-0.15, -0.1) is 0 Å². The topological polar surface area (TPSA) is 63.6 Å². The summed E-state index contributed by atoms with van der Waals surface area (Å²) in [4.78, 5) is 21.8. The minimum atomic E-state index is -1.07. The minimum absolute atomic E-state index is 0.130. The van der Waals surface area contributed by atoms with Crippen LogP contribution in [0, 0.1) is 0 Å². The molecule has 1 aromatic carbocycles. The third kappa shape index (κ3) is 3.46. The highest BCUT2D eigenvalue weighted by molar-refractivity contribution is 6.32. The number of hydrogen-bond acceptors (Lipinski definition) is 3. The average molecular weight is 257 g/mol. The van der Waals surface area contributed by atoms with Crippen molar-refractivity contribution in [3.05, 3.63) is 28.8 Å². The van der Waals surface area contributed by atoms with Crippen LogP contribution in [0.4, 0.5) is 0 Å². The highest BCUT2D eigenvalue weighted by Gasteiger charge is 2.21. The van der Waals surface area contributed by atoms with Crippen molar-refractivity contribution >= 4 is 23.9 Å². The molecule has 1 N–H and O–H groups in total. The third-order valence-electron chi connectivity index (χ3n) is 2.21. The Balaban J connectivity index is 2.99. The van der Waals surface area contributed by atoms with Gasteiger partial charge in [0.25, 0.3) is 0 Å². The molecule has 0 amide bonds. The zero-order chi connectivity index (χ0) is 12.8. The highest BCUT2D eigenvalue weighted by atomic mass is 35.5. The number of carbonyl (C=O) groups is 2. The molecular weight excluding hydrogens is 244 g/mol. The number of hydrogen-bond donors (Lipinski definition) is 1. The van der Waals surface area contributed by atoms with Crippen molar-refractivity contribution in [3.8, 4) is 5.75 Å². The first-order valence-corrected chi connectivity index (χ1v) is 5.61. The van der Waals surface area contributed by atoms with E-state index in [0.29, 0.717) is 19.1 Å². The number of carbonyl (C=O) groups excluding carboxylic acids is 1. The quantitative estimate of drug-likeness (QED) is 0.795. The van der Waals surface area contributed by atoms with E-state index in [1.165, 1.54) is 6.07 Å². The van der Waals surface area contributed by atoms with Crippen molar-refractivity contribution in [1.82, 2.24) is 0 Å². The summed E-state index contributed by atoms with van der Waals surface area (Å²) < 4.78 is 5.31. The maximum atomic E-state index is 10.9. The minimum Gasteiger partial charge on any atom is -0.479 e. The van der Waals surface area contributed by atoms with Crippen LogP contribution in [0.2, 0.25) is 5.02 Å². The van der Waals surface area contributed by atoms with Gasteiger partial charge in [0.2, 0.25) is 0 Å². The van der Waals surface area contributed by atoms with E-state index in [0.717, 1.165) is 0 Å². The van der Waals surface area contributed by atoms with Gasteiger partial charge in [-0.2, -0.15) is 0 Å². The van der Waals surface area contributed by atoms with Crippen LogP contribution in [0.1, 0.15) is 30.1 Å². The van der Waals surface area contributed by atoms with Crippen molar-refractivity contribution in [2.24, 2.45) is 0 Å². The van der Waals surface area contributed by atoms with Gasteiger partial charge in [-0.3, -0.25) is 4.79 Å². The summed E-state index contributed by atoms with van der Waals surface area (Å²) in [7, 11) is 0. The van der Waals surface area contributed by atoms with Gasteiger partial charge in [0, 0.05) is 0 Å². The van der Waals surface area contributed by atoms with E-state index in [-0.39, 0.29) is 16.3 Å². The molecule has 0 aromatic heterocycles. The molecule has 0 aliphatic heterocycles. The number of carboxylic acid groups (broad SMARTS) is 1. The van der Waals surface area contributed by atoms with Gasteiger partial charge in [-0.25, -0.2) is 4.79 Å². The molecule has 0 saturated heterocycles. The zero-order valence-corrected chi connectivity index (χ0v) is 10.1. The van der Waals surface area contributed by atoms with E-state index >= 15 is 0 Å². The largest absolute Gasteiger partial charge is 0.479 e. The van der Waals surface area contributed by atoms with Crippen LogP contribution >= 0.6 is 11.6 Å². The number of rotatable bonds is 6. The van der Waals surface area contributed by atoms with E-state index < -0.39 is 12.1 Å². The molecule has 0 fully saturated rings. The Labute approximate surface area is 104 Å². The molecule has 0 radical (unpaired) electrons. The summed E-state index contributed by atoms with van der Waals surface area (Å²) in [6, 6.07) is 4.68. The summed E-state index contributed by atoms with van der Waals surface area (Å²) >= 11 is 5.88. The number of carboxylic acids is 1. The van der Waals surface area contributed by atoms with E-state index in [4.69, 9.17) is 21.4 Å². The lowest BCUT2D eigenvalue weighted by atomic mass is 10.2. The van der Waals surface area contributed by atoms with Gasteiger partial charge in [0.05, 0.1) is 10.6 Å². The molecular formula is C12H13ClO4. The van der Waals surface area contributed by atoms with Crippen LogP contribution in [-0.2, 0) is 4.79 Å². The molecule has 0 heterocycles. The molecule has 0 aliphatic rings. The zero-order valence-electron chi connectivity index (χ0n) is 9.35. The van der Waals surface area contributed by atoms with Crippen molar-refractivity contribution < 1.29 is 19.4 Å². The Bertz CT molecular complexity index is 417.